The zero-order valence-electron chi connectivity index (χ0n) is 9.61. The van der Waals surface area contributed by atoms with Gasteiger partial charge in [-0.25, -0.2) is 4.79 Å². The van der Waals surface area contributed by atoms with Crippen LogP contribution in [0.25, 0.3) is 0 Å². The molecule has 0 saturated carbocycles. The number of carbonyl (C=O) groups is 1. The summed E-state index contributed by atoms with van der Waals surface area (Å²) in [4.78, 5) is 12.3. The quantitative estimate of drug-likeness (QED) is 0.920. The van der Waals surface area contributed by atoms with Gasteiger partial charge in [0.1, 0.15) is 5.69 Å². The highest BCUT2D eigenvalue weighted by Crippen LogP contribution is 2.37. The van der Waals surface area contributed by atoms with E-state index in [2.05, 4.69) is 17.2 Å². The lowest BCUT2D eigenvalue weighted by atomic mass is 10.1. The van der Waals surface area contributed by atoms with Crippen molar-refractivity contribution in [2.45, 2.75) is 23.1 Å². The number of benzene rings is 1. The van der Waals surface area contributed by atoms with E-state index in [-0.39, 0.29) is 5.69 Å². The highest BCUT2D eigenvalue weighted by Gasteiger charge is 2.23. The van der Waals surface area contributed by atoms with Gasteiger partial charge in [0.2, 0.25) is 0 Å². The number of carboxylic acids is 1. The number of aromatic nitrogens is 2. The Balaban J connectivity index is 1.76. The molecule has 0 spiro atoms. The summed E-state index contributed by atoms with van der Waals surface area (Å²) in [5.41, 5.74) is 1.60. The summed E-state index contributed by atoms with van der Waals surface area (Å²) in [7, 11) is 0. The molecule has 1 N–H and O–H groups in total. The fourth-order valence-corrected chi connectivity index (χ4v) is 3.51. The molecule has 2 aromatic rings. The summed E-state index contributed by atoms with van der Waals surface area (Å²) in [6.07, 6.45) is 2.51. The van der Waals surface area contributed by atoms with E-state index in [0.29, 0.717) is 11.8 Å². The predicted octanol–water partition coefficient (Wildman–Crippen LogP) is 2.30. The maximum absolute atomic E-state index is 11.0. The molecule has 0 radical (unpaired) electrons. The van der Waals surface area contributed by atoms with Gasteiger partial charge in [-0.1, -0.05) is 18.2 Å². The number of thioether (sulfide) groups is 1. The van der Waals surface area contributed by atoms with E-state index in [1.165, 1.54) is 22.7 Å². The second-order valence-electron chi connectivity index (χ2n) is 4.26. The SMILES string of the molecule is O=C(O)c1ccnn1CC1Cc2ccccc2S1. The van der Waals surface area contributed by atoms with Crippen molar-refractivity contribution in [3.63, 3.8) is 0 Å². The van der Waals surface area contributed by atoms with Crippen LogP contribution in [-0.2, 0) is 13.0 Å². The van der Waals surface area contributed by atoms with Gasteiger partial charge in [0.25, 0.3) is 0 Å². The summed E-state index contributed by atoms with van der Waals surface area (Å²) in [6.45, 7) is 0.633. The van der Waals surface area contributed by atoms with Gasteiger partial charge in [0.05, 0.1) is 6.54 Å². The molecule has 92 valence electrons. The molecule has 1 aromatic heterocycles. The Morgan fingerprint density at radius 2 is 2.28 bits per heavy atom. The van der Waals surface area contributed by atoms with E-state index >= 15 is 0 Å². The van der Waals surface area contributed by atoms with Crippen molar-refractivity contribution in [1.82, 2.24) is 9.78 Å². The van der Waals surface area contributed by atoms with Crippen LogP contribution in [0.1, 0.15) is 16.1 Å². The Morgan fingerprint density at radius 3 is 3.06 bits per heavy atom. The van der Waals surface area contributed by atoms with Gasteiger partial charge < -0.3 is 5.11 Å². The summed E-state index contributed by atoms with van der Waals surface area (Å²) >= 11 is 1.80. The predicted molar refractivity (Wildman–Crippen MR) is 69.0 cm³/mol. The van der Waals surface area contributed by atoms with Crippen LogP contribution in [0.4, 0.5) is 0 Å². The molecule has 0 amide bonds. The molecule has 18 heavy (non-hydrogen) atoms. The van der Waals surface area contributed by atoms with Crippen LogP contribution in [0.2, 0.25) is 0 Å². The van der Waals surface area contributed by atoms with Gasteiger partial charge >= 0.3 is 5.97 Å². The van der Waals surface area contributed by atoms with Gasteiger partial charge in [0, 0.05) is 16.3 Å². The molecule has 0 saturated heterocycles. The van der Waals surface area contributed by atoms with Gasteiger partial charge in [-0.2, -0.15) is 5.10 Å². The minimum Gasteiger partial charge on any atom is -0.477 e. The summed E-state index contributed by atoms with van der Waals surface area (Å²) in [6, 6.07) is 9.85. The maximum Gasteiger partial charge on any atom is 0.354 e. The van der Waals surface area contributed by atoms with E-state index in [1.807, 2.05) is 12.1 Å². The maximum atomic E-state index is 11.0. The number of carboxylic acid groups (broad SMARTS) is 1. The zero-order chi connectivity index (χ0) is 12.5. The van der Waals surface area contributed by atoms with Crippen LogP contribution in [0.3, 0.4) is 0 Å². The van der Waals surface area contributed by atoms with E-state index in [0.717, 1.165) is 6.42 Å². The topological polar surface area (TPSA) is 55.1 Å². The highest BCUT2D eigenvalue weighted by molar-refractivity contribution is 8.00. The van der Waals surface area contributed by atoms with E-state index in [4.69, 9.17) is 5.11 Å². The summed E-state index contributed by atoms with van der Waals surface area (Å²) in [5, 5.41) is 13.5. The van der Waals surface area contributed by atoms with Crippen molar-refractivity contribution < 1.29 is 9.90 Å². The molecule has 1 aliphatic heterocycles. The minimum atomic E-state index is -0.923. The first-order valence-corrected chi connectivity index (χ1v) is 6.61. The molecule has 5 heteroatoms. The third-order valence-electron chi connectivity index (χ3n) is 3.03. The Labute approximate surface area is 109 Å². The first-order valence-electron chi connectivity index (χ1n) is 5.73. The molecule has 4 nitrogen and oxygen atoms in total. The second kappa shape index (κ2) is 4.49. The third-order valence-corrected chi connectivity index (χ3v) is 4.33. The smallest absolute Gasteiger partial charge is 0.354 e. The van der Waals surface area contributed by atoms with Gasteiger partial charge in [-0.3, -0.25) is 4.68 Å². The fourth-order valence-electron chi connectivity index (χ4n) is 2.21. The molecular weight excluding hydrogens is 248 g/mol. The number of rotatable bonds is 3. The van der Waals surface area contributed by atoms with Gasteiger partial charge in [-0.05, 0) is 24.1 Å². The van der Waals surface area contributed by atoms with Gasteiger partial charge in [-0.15, -0.1) is 11.8 Å². The minimum absolute atomic E-state index is 0.256. The number of nitrogens with zero attached hydrogens (tertiary/aromatic N) is 2. The summed E-state index contributed by atoms with van der Waals surface area (Å²) in [5.74, 6) is -0.923. The van der Waals surface area contributed by atoms with Crippen LogP contribution in [-0.4, -0.2) is 26.1 Å². The highest BCUT2D eigenvalue weighted by atomic mass is 32.2. The number of aromatic carboxylic acids is 1. The molecule has 1 aliphatic rings. The third kappa shape index (κ3) is 2.01. The number of hydrogen-bond acceptors (Lipinski definition) is 3. The second-order valence-corrected chi connectivity index (χ2v) is 5.60. The summed E-state index contributed by atoms with van der Waals surface area (Å²) < 4.78 is 1.58. The molecule has 1 unspecified atom stereocenters. The van der Waals surface area contributed by atoms with Crippen molar-refractivity contribution in [1.29, 1.82) is 0 Å². The van der Waals surface area contributed by atoms with E-state index in [9.17, 15) is 4.79 Å². The van der Waals surface area contributed by atoms with E-state index < -0.39 is 5.97 Å². The number of fused-ring (bicyclic) bond motifs is 1. The lowest BCUT2D eigenvalue weighted by molar-refractivity contribution is 0.0683. The standard InChI is InChI=1S/C13H12N2O2S/c16-13(17)11-5-6-14-15(11)8-10-7-9-3-1-2-4-12(9)18-10/h1-6,10H,7-8H2,(H,16,17). The lowest BCUT2D eigenvalue weighted by Crippen LogP contribution is -2.17. The first kappa shape index (κ1) is 11.3. The molecule has 0 aliphatic carbocycles. The van der Waals surface area contributed by atoms with Crippen molar-refractivity contribution >= 4 is 17.7 Å². The Hall–Kier alpha value is -1.75. The van der Waals surface area contributed by atoms with E-state index in [1.54, 1.807) is 16.4 Å². The fraction of sp³-hybridized carbons (Fsp3) is 0.231. The van der Waals surface area contributed by atoms with Crippen LogP contribution in [0, 0.1) is 0 Å². The lowest BCUT2D eigenvalue weighted by Gasteiger charge is -2.10. The molecule has 0 fully saturated rings. The Morgan fingerprint density at radius 1 is 1.44 bits per heavy atom. The molecular formula is C13H12N2O2S. The first-order chi connectivity index (χ1) is 8.74. The van der Waals surface area contributed by atoms with Gasteiger partial charge in [0.15, 0.2) is 0 Å². The molecule has 0 bridgehead atoms. The van der Waals surface area contributed by atoms with Crippen molar-refractivity contribution in [2.75, 3.05) is 0 Å². The normalized spacial score (nSPS) is 17.7. The average molecular weight is 260 g/mol. The largest absolute Gasteiger partial charge is 0.477 e. The number of hydrogen-bond donors (Lipinski definition) is 1. The van der Waals surface area contributed by atoms with Crippen LogP contribution < -0.4 is 0 Å². The van der Waals surface area contributed by atoms with Crippen molar-refractivity contribution in [3.05, 3.63) is 47.8 Å². The Kier molecular flexibility index (Phi) is 2.83. The molecule has 2 heterocycles. The monoisotopic (exact) mass is 260 g/mol. The Bertz CT molecular complexity index is 569. The average Bonchev–Trinajstić information content (AvgIpc) is 2.94. The van der Waals surface area contributed by atoms with Crippen molar-refractivity contribution in [2.24, 2.45) is 0 Å². The van der Waals surface area contributed by atoms with Crippen LogP contribution in [0.5, 0.6) is 0 Å². The molecule has 1 atom stereocenters. The van der Waals surface area contributed by atoms with Crippen LogP contribution >= 0.6 is 11.8 Å². The van der Waals surface area contributed by atoms with Crippen LogP contribution in [0.15, 0.2) is 41.4 Å². The zero-order valence-corrected chi connectivity index (χ0v) is 10.4. The molecule has 1 aromatic carbocycles. The van der Waals surface area contributed by atoms with Crippen molar-refractivity contribution in [3.8, 4) is 0 Å². The molecule has 3 rings (SSSR count).